The maximum absolute atomic E-state index is 12.8. The van der Waals surface area contributed by atoms with Crippen molar-refractivity contribution >= 4 is 0 Å². The van der Waals surface area contributed by atoms with Crippen molar-refractivity contribution in [2.45, 2.75) is 70.1 Å². The predicted octanol–water partition coefficient (Wildman–Crippen LogP) is 7.89. The number of hydrogen-bond acceptors (Lipinski definition) is 0. The Labute approximate surface area is 164 Å². The van der Waals surface area contributed by atoms with E-state index in [0.717, 1.165) is 37.5 Å². The summed E-state index contributed by atoms with van der Waals surface area (Å²) in [5, 5.41) is 0. The first kappa shape index (κ1) is 18.7. The second-order valence-electron chi connectivity index (χ2n) is 9.07. The van der Waals surface area contributed by atoms with Crippen LogP contribution in [0.2, 0.25) is 0 Å². The highest BCUT2D eigenvalue weighted by molar-refractivity contribution is 5.64. The Kier molecular flexibility index (Phi) is 5.95. The van der Waals surface area contributed by atoms with Crippen LogP contribution in [0.25, 0.3) is 11.1 Å². The Balaban J connectivity index is 1.40. The standard InChI is InChI=1S/C26H33F/c1-19-2-6-21(7-3-19)23-10-14-25(15-11-23)26-16-12-24(13-17-26)22-8-4-20(18-27)5-9-22/h10-17,19-22H,2-9,18H2,1H3. The molecule has 0 atom stereocenters. The number of rotatable bonds is 4. The van der Waals surface area contributed by atoms with Crippen molar-refractivity contribution < 1.29 is 4.39 Å². The highest BCUT2D eigenvalue weighted by Crippen LogP contribution is 2.38. The highest BCUT2D eigenvalue weighted by Gasteiger charge is 2.22. The molecule has 144 valence electrons. The SMILES string of the molecule is CC1CCC(c2ccc(-c3ccc(C4CCC(CF)CC4)cc3)cc2)CC1. The van der Waals surface area contributed by atoms with Crippen LogP contribution in [0.4, 0.5) is 4.39 Å². The zero-order valence-corrected chi connectivity index (χ0v) is 16.7. The Morgan fingerprint density at radius 3 is 1.44 bits per heavy atom. The van der Waals surface area contributed by atoms with E-state index in [0.29, 0.717) is 11.8 Å². The highest BCUT2D eigenvalue weighted by atomic mass is 19.1. The number of alkyl halides is 1. The van der Waals surface area contributed by atoms with Crippen molar-refractivity contribution in [3.8, 4) is 11.1 Å². The van der Waals surface area contributed by atoms with E-state index >= 15 is 0 Å². The lowest BCUT2D eigenvalue weighted by atomic mass is 9.78. The van der Waals surface area contributed by atoms with E-state index in [-0.39, 0.29) is 6.67 Å². The second kappa shape index (κ2) is 8.59. The molecular weight excluding hydrogens is 331 g/mol. The normalized spacial score (nSPS) is 28.8. The molecule has 0 unspecified atom stereocenters. The van der Waals surface area contributed by atoms with E-state index < -0.39 is 0 Å². The third kappa shape index (κ3) is 4.45. The summed E-state index contributed by atoms with van der Waals surface area (Å²) in [6.45, 7) is 2.25. The van der Waals surface area contributed by atoms with Gasteiger partial charge in [0.1, 0.15) is 0 Å². The molecule has 0 aromatic heterocycles. The molecule has 2 aliphatic carbocycles. The van der Waals surface area contributed by atoms with Gasteiger partial charge in [-0.15, -0.1) is 0 Å². The van der Waals surface area contributed by atoms with Crippen molar-refractivity contribution in [2.75, 3.05) is 6.67 Å². The van der Waals surface area contributed by atoms with E-state index in [1.807, 2.05) is 0 Å². The van der Waals surface area contributed by atoms with Crippen LogP contribution >= 0.6 is 0 Å². The first-order chi connectivity index (χ1) is 13.2. The van der Waals surface area contributed by atoms with Gasteiger partial charge in [0.25, 0.3) is 0 Å². The maximum Gasteiger partial charge on any atom is 0.0922 e. The van der Waals surface area contributed by atoms with E-state index in [1.54, 1.807) is 0 Å². The fourth-order valence-corrected chi connectivity index (χ4v) is 5.14. The van der Waals surface area contributed by atoms with Crippen LogP contribution in [0.5, 0.6) is 0 Å². The molecule has 2 aromatic rings. The fraction of sp³-hybridized carbons (Fsp3) is 0.538. The predicted molar refractivity (Wildman–Crippen MR) is 113 cm³/mol. The van der Waals surface area contributed by atoms with E-state index in [2.05, 4.69) is 55.5 Å². The van der Waals surface area contributed by atoms with Gasteiger partial charge < -0.3 is 0 Å². The molecule has 1 heteroatoms. The molecule has 2 saturated carbocycles. The lowest BCUT2D eigenvalue weighted by Crippen LogP contribution is -2.14. The zero-order valence-electron chi connectivity index (χ0n) is 16.7. The van der Waals surface area contributed by atoms with Gasteiger partial charge in [0.2, 0.25) is 0 Å². The topological polar surface area (TPSA) is 0 Å². The molecule has 0 spiro atoms. The second-order valence-corrected chi connectivity index (χ2v) is 9.07. The van der Waals surface area contributed by atoms with Gasteiger partial charge in [0.15, 0.2) is 0 Å². The van der Waals surface area contributed by atoms with E-state index in [9.17, 15) is 4.39 Å². The van der Waals surface area contributed by atoms with Gasteiger partial charge in [0, 0.05) is 0 Å². The van der Waals surface area contributed by atoms with Crippen LogP contribution in [0.15, 0.2) is 48.5 Å². The Morgan fingerprint density at radius 1 is 0.630 bits per heavy atom. The third-order valence-electron chi connectivity index (χ3n) is 7.18. The quantitative estimate of drug-likeness (QED) is 0.517. The van der Waals surface area contributed by atoms with Crippen LogP contribution in [0, 0.1) is 11.8 Å². The van der Waals surface area contributed by atoms with Crippen molar-refractivity contribution in [3.05, 3.63) is 59.7 Å². The maximum atomic E-state index is 12.8. The summed E-state index contributed by atoms with van der Waals surface area (Å²) in [5.74, 6) is 2.60. The van der Waals surface area contributed by atoms with Crippen molar-refractivity contribution in [2.24, 2.45) is 11.8 Å². The summed E-state index contributed by atoms with van der Waals surface area (Å²) in [6, 6.07) is 18.4. The van der Waals surface area contributed by atoms with Crippen molar-refractivity contribution in [1.82, 2.24) is 0 Å². The first-order valence-corrected chi connectivity index (χ1v) is 11.0. The van der Waals surface area contributed by atoms with Crippen molar-refractivity contribution in [3.63, 3.8) is 0 Å². The minimum Gasteiger partial charge on any atom is -0.251 e. The molecule has 4 rings (SSSR count). The van der Waals surface area contributed by atoms with Crippen LogP contribution in [-0.2, 0) is 0 Å². The molecule has 0 radical (unpaired) electrons. The molecule has 0 N–H and O–H groups in total. The summed E-state index contributed by atoms with van der Waals surface area (Å²) in [7, 11) is 0. The smallest absolute Gasteiger partial charge is 0.0922 e. The molecule has 0 heterocycles. The number of benzene rings is 2. The van der Waals surface area contributed by atoms with Gasteiger partial charge in [-0.1, -0.05) is 68.3 Å². The van der Waals surface area contributed by atoms with Gasteiger partial charge in [0.05, 0.1) is 6.67 Å². The summed E-state index contributed by atoms with van der Waals surface area (Å²) in [6.07, 6.45) is 9.82. The molecule has 2 aliphatic rings. The molecular formula is C26H33F. The molecule has 0 amide bonds. The van der Waals surface area contributed by atoms with Gasteiger partial charge in [-0.2, -0.15) is 0 Å². The van der Waals surface area contributed by atoms with Gasteiger partial charge in [-0.3, -0.25) is 4.39 Å². The molecule has 2 fully saturated rings. The minimum atomic E-state index is -0.137. The Hall–Kier alpha value is -1.63. The summed E-state index contributed by atoms with van der Waals surface area (Å²) in [5.41, 5.74) is 5.58. The molecule has 27 heavy (non-hydrogen) atoms. The molecule has 2 aromatic carbocycles. The summed E-state index contributed by atoms with van der Waals surface area (Å²) in [4.78, 5) is 0. The first-order valence-electron chi connectivity index (χ1n) is 11.0. The lowest BCUT2D eigenvalue weighted by Gasteiger charge is -2.27. The number of halogens is 1. The average molecular weight is 365 g/mol. The molecule has 0 saturated heterocycles. The molecule has 0 aliphatic heterocycles. The summed E-state index contributed by atoms with van der Waals surface area (Å²) >= 11 is 0. The molecule has 0 nitrogen and oxygen atoms in total. The largest absolute Gasteiger partial charge is 0.251 e. The van der Waals surface area contributed by atoms with Crippen LogP contribution in [0.3, 0.4) is 0 Å². The Morgan fingerprint density at radius 2 is 1.04 bits per heavy atom. The number of hydrogen-bond donors (Lipinski definition) is 0. The minimum absolute atomic E-state index is 0.137. The summed E-state index contributed by atoms with van der Waals surface area (Å²) < 4.78 is 12.8. The third-order valence-corrected chi connectivity index (χ3v) is 7.18. The van der Waals surface area contributed by atoms with Gasteiger partial charge in [-0.25, -0.2) is 0 Å². The fourth-order valence-electron chi connectivity index (χ4n) is 5.14. The molecule has 0 bridgehead atoms. The van der Waals surface area contributed by atoms with E-state index in [4.69, 9.17) is 0 Å². The van der Waals surface area contributed by atoms with Crippen LogP contribution in [0.1, 0.15) is 81.3 Å². The monoisotopic (exact) mass is 364 g/mol. The van der Waals surface area contributed by atoms with Crippen LogP contribution < -0.4 is 0 Å². The Bertz CT molecular complexity index is 699. The van der Waals surface area contributed by atoms with Gasteiger partial charge >= 0.3 is 0 Å². The zero-order chi connectivity index (χ0) is 18.6. The van der Waals surface area contributed by atoms with E-state index in [1.165, 1.54) is 47.9 Å². The van der Waals surface area contributed by atoms with Crippen LogP contribution in [-0.4, -0.2) is 6.67 Å². The lowest BCUT2D eigenvalue weighted by molar-refractivity contribution is 0.263. The average Bonchev–Trinajstić information content (AvgIpc) is 2.75. The van der Waals surface area contributed by atoms with Crippen molar-refractivity contribution in [1.29, 1.82) is 0 Å². The van der Waals surface area contributed by atoms with Gasteiger partial charge in [-0.05, 0) is 84.5 Å².